The Morgan fingerprint density at radius 3 is 2.05 bits per heavy atom. The van der Waals surface area contributed by atoms with Gasteiger partial charge in [0.15, 0.2) is 0 Å². The van der Waals surface area contributed by atoms with Gasteiger partial charge in [-0.05, 0) is 93.2 Å². The first-order valence-corrected chi connectivity index (χ1v) is 18.3. The highest BCUT2D eigenvalue weighted by atomic mass is 35.5. The Labute approximate surface area is 333 Å². The van der Waals surface area contributed by atoms with Crippen molar-refractivity contribution in [2.75, 3.05) is 70.4 Å². The lowest BCUT2D eigenvalue weighted by Crippen LogP contribution is -2.29. The quantitative estimate of drug-likeness (QED) is 0.0517. The number of rotatable bonds is 16. The SMILES string of the molecule is C=C(C)/C(NC)=C1\C=C(c2ccnc(Nc3cc(N)c(N(C)CCN(C)C)cc3OCCN/C(C(=C)C)=C3/C=C(c4ccnc(Cl)n4)C=CC3=N)n2)C=CC1=N. The van der Waals surface area contributed by atoms with Gasteiger partial charge in [-0.3, -0.25) is 0 Å². The molecule has 0 spiro atoms. The monoisotopic (exact) mass is 772 g/mol. The van der Waals surface area contributed by atoms with Crippen LogP contribution < -0.4 is 31.3 Å². The number of nitrogens with one attached hydrogen (secondary N) is 5. The molecular weight excluding hydrogens is 724 g/mol. The van der Waals surface area contributed by atoms with E-state index in [1.807, 2.05) is 84.5 Å². The molecular formula is C42H49ClN12O. The number of hydrogen-bond acceptors (Lipinski definition) is 13. The van der Waals surface area contributed by atoms with Crippen LogP contribution in [0.15, 0.2) is 120 Å². The highest BCUT2D eigenvalue weighted by Gasteiger charge is 2.19. The fraction of sp³-hybridized carbons (Fsp3) is 0.238. The van der Waals surface area contributed by atoms with Crippen LogP contribution in [0, 0.1) is 10.8 Å². The summed E-state index contributed by atoms with van der Waals surface area (Å²) in [4.78, 5) is 21.9. The molecule has 7 N–H and O–H groups in total. The number of benzene rings is 1. The zero-order chi connectivity index (χ0) is 40.5. The number of anilines is 4. The molecule has 0 radical (unpaired) electrons. The van der Waals surface area contributed by atoms with E-state index in [2.05, 4.69) is 53.9 Å². The fourth-order valence-corrected chi connectivity index (χ4v) is 6.16. The molecule has 14 heteroatoms. The molecule has 0 bridgehead atoms. The van der Waals surface area contributed by atoms with Crippen LogP contribution in [-0.4, -0.2) is 90.7 Å². The largest absolute Gasteiger partial charge is 0.489 e. The van der Waals surface area contributed by atoms with E-state index in [0.29, 0.717) is 58.0 Å². The summed E-state index contributed by atoms with van der Waals surface area (Å²) < 4.78 is 6.45. The van der Waals surface area contributed by atoms with Crippen molar-refractivity contribution in [2.24, 2.45) is 0 Å². The second kappa shape index (κ2) is 18.3. The summed E-state index contributed by atoms with van der Waals surface area (Å²) in [6.07, 6.45) is 14.3. The lowest BCUT2D eigenvalue weighted by Gasteiger charge is -2.25. The van der Waals surface area contributed by atoms with Gasteiger partial charge in [0.25, 0.3) is 0 Å². The molecule has 2 aliphatic rings. The molecule has 0 fully saturated rings. The van der Waals surface area contributed by atoms with E-state index in [1.165, 1.54) is 0 Å². The number of ether oxygens (including phenoxy) is 1. The Kier molecular flexibility index (Phi) is 13.4. The molecule has 290 valence electrons. The zero-order valence-corrected chi connectivity index (χ0v) is 33.5. The molecule has 5 rings (SSSR count). The molecule has 3 aromatic rings. The van der Waals surface area contributed by atoms with E-state index >= 15 is 0 Å². The second-order valence-corrected chi connectivity index (χ2v) is 13.9. The molecule has 0 atom stereocenters. The summed E-state index contributed by atoms with van der Waals surface area (Å²) >= 11 is 6.06. The topological polar surface area (TPSA) is 177 Å². The van der Waals surface area contributed by atoms with Crippen LogP contribution in [0.25, 0.3) is 11.1 Å². The molecule has 0 aliphatic heterocycles. The first kappa shape index (κ1) is 40.9. The molecule has 2 heterocycles. The van der Waals surface area contributed by atoms with Crippen molar-refractivity contribution in [3.63, 3.8) is 0 Å². The molecule has 2 aromatic heterocycles. The summed E-state index contributed by atoms with van der Waals surface area (Å²) in [5, 5.41) is 27.3. The smallest absolute Gasteiger partial charge is 0.227 e. The van der Waals surface area contributed by atoms with E-state index < -0.39 is 0 Å². The zero-order valence-electron chi connectivity index (χ0n) is 32.7. The van der Waals surface area contributed by atoms with Gasteiger partial charge in [0, 0.05) is 85.9 Å². The number of nitrogen functional groups attached to an aromatic ring is 1. The third kappa shape index (κ3) is 10.1. The van der Waals surface area contributed by atoms with Gasteiger partial charge in [0.2, 0.25) is 11.2 Å². The van der Waals surface area contributed by atoms with Crippen molar-refractivity contribution < 1.29 is 4.74 Å². The van der Waals surface area contributed by atoms with Crippen molar-refractivity contribution in [1.29, 1.82) is 10.8 Å². The number of nitrogens with two attached hydrogens (primary N) is 1. The number of allylic oxidation sites excluding steroid dienone is 12. The van der Waals surface area contributed by atoms with Gasteiger partial charge in [0.05, 0.1) is 39.9 Å². The number of likely N-dealkylation sites (N-methyl/N-ethyl adjacent to an activating group) is 3. The van der Waals surface area contributed by atoms with E-state index in [0.717, 1.165) is 58.0 Å². The number of nitrogens with zero attached hydrogens (tertiary/aromatic N) is 6. The summed E-state index contributed by atoms with van der Waals surface area (Å²) in [6.45, 7) is 14.3. The fourth-order valence-electron chi connectivity index (χ4n) is 6.01. The van der Waals surface area contributed by atoms with Crippen molar-refractivity contribution >= 4 is 57.2 Å². The van der Waals surface area contributed by atoms with Crippen molar-refractivity contribution in [3.05, 3.63) is 137 Å². The maximum absolute atomic E-state index is 8.68. The van der Waals surface area contributed by atoms with E-state index in [9.17, 15) is 0 Å². The highest BCUT2D eigenvalue weighted by Crippen LogP contribution is 2.37. The van der Waals surface area contributed by atoms with Crippen molar-refractivity contribution in [3.8, 4) is 5.75 Å². The molecule has 2 aliphatic carbocycles. The normalized spacial score (nSPS) is 15.6. The van der Waals surface area contributed by atoms with Crippen LogP contribution in [0.2, 0.25) is 5.28 Å². The van der Waals surface area contributed by atoms with Crippen LogP contribution in [0.5, 0.6) is 5.75 Å². The van der Waals surface area contributed by atoms with Crippen molar-refractivity contribution in [2.45, 2.75) is 13.8 Å². The summed E-state index contributed by atoms with van der Waals surface area (Å²) in [6, 6.07) is 7.35. The third-order valence-corrected chi connectivity index (χ3v) is 9.07. The van der Waals surface area contributed by atoms with Gasteiger partial charge >= 0.3 is 0 Å². The maximum atomic E-state index is 8.68. The Morgan fingerprint density at radius 2 is 1.46 bits per heavy atom. The minimum atomic E-state index is 0.149. The van der Waals surface area contributed by atoms with Gasteiger partial charge in [-0.25, -0.2) is 19.9 Å². The Hall–Kier alpha value is -6.31. The minimum Gasteiger partial charge on any atom is -0.489 e. The molecule has 0 saturated carbocycles. The predicted molar refractivity (Wildman–Crippen MR) is 231 cm³/mol. The maximum Gasteiger partial charge on any atom is 0.227 e. The van der Waals surface area contributed by atoms with E-state index in [1.54, 1.807) is 30.6 Å². The molecule has 0 saturated heterocycles. The second-order valence-electron chi connectivity index (χ2n) is 13.6. The first-order chi connectivity index (χ1) is 26.7. The molecule has 0 amide bonds. The van der Waals surface area contributed by atoms with Gasteiger partial charge < -0.3 is 47.0 Å². The van der Waals surface area contributed by atoms with Gasteiger partial charge in [0.1, 0.15) is 12.4 Å². The Balaban J connectivity index is 1.42. The lowest BCUT2D eigenvalue weighted by molar-refractivity contribution is 0.321. The Morgan fingerprint density at radius 1 is 0.857 bits per heavy atom. The van der Waals surface area contributed by atoms with Gasteiger partial charge in [-0.1, -0.05) is 25.3 Å². The minimum absolute atomic E-state index is 0.149. The number of aromatic nitrogens is 4. The standard InChI is InChI=1S/C42H49ClN12O/c1-25(2)39(47-5)29-21-28(10-11-31(29)44)35-14-16-50-42(52-35)53-36-23-33(46)37(55(8)19-18-54(6)7)24-38(36)56-20-17-48-40(26(3)4)30-22-27(9-12-32(30)45)34-13-15-49-41(43)51-34/h9-16,21-24,44-45,47-48H,1,3,17-20,46H2,2,4-8H3,(H,50,52,53)/b39-29-,40-30-,44-31?,45-32?. The number of hydrogen-bond donors (Lipinski definition) is 6. The third-order valence-electron chi connectivity index (χ3n) is 8.89. The van der Waals surface area contributed by atoms with Crippen LogP contribution in [0.1, 0.15) is 25.2 Å². The molecule has 1 aromatic carbocycles. The number of halogens is 1. The average molecular weight is 773 g/mol. The summed E-state index contributed by atoms with van der Waals surface area (Å²) in [5.74, 6) is 0.900. The van der Waals surface area contributed by atoms with Gasteiger partial charge in [-0.2, -0.15) is 0 Å². The Bertz CT molecular complexity index is 2240. The van der Waals surface area contributed by atoms with Crippen LogP contribution in [0.3, 0.4) is 0 Å². The van der Waals surface area contributed by atoms with Crippen LogP contribution in [-0.2, 0) is 0 Å². The molecule has 0 unspecified atom stereocenters. The van der Waals surface area contributed by atoms with Crippen LogP contribution in [0.4, 0.5) is 23.0 Å². The molecule has 13 nitrogen and oxygen atoms in total. The molecule has 56 heavy (non-hydrogen) atoms. The highest BCUT2D eigenvalue weighted by molar-refractivity contribution is 6.28. The summed E-state index contributed by atoms with van der Waals surface area (Å²) in [5.41, 5.74) is 16.8. The van der Waals surface area contributed by atoms with Gasteiger partial charge in [-0.15, -0.1) is 0 Å². The van der Waals surface area contributed by atoms with E-state index in [4.69, 9.17) is 37.9 Å². The summed E-state index contributed by atoms with van der Waals surface area (Å²) in [7, 11) is 7.88. The van der Waals surface area contributed by atoms with E-state index in [-0.39, 0.29) is 11.9 Å². The predicted octanol–water partition coefficient (Wildman–Crippen LogP) is 6.74. The van der Waals surface area contributed by atoms with Crippen LogP contribution >= 0.6 is 11.6 Å². The lowest BCUT2D eigenvalue weighted by atomic mass is 9.94. The first-order valence-electron chi connectivity index (χ1n) is 18.0. The average Bonchev–Trinajstić information content (AvgIpc) is 3.16. The van der Waals surface area contributed by atoms with Crippen molar-refractivity contribution in [1.82, 2.24) is 35.5 Å².